The molecular formula is C15H24N2O2. The predicted octanol–water partition coefficient (Wildman–Crippen LogP) is 1.51. The molecule has 0 saturated heterocycles. The molecule has 3 atom stereocenters. The summed E-state index contributed by atoms with van der Waals surface area (Å²) in [5, 5.41) is 13.7. The Balaban J connectivity index is 1.95. The Kier molecular flexibility index (Phi) is 4.58. The number of ether oxygens (including phenoxy) is 1. The Bertz CT molecular complexity index is 420. The van der Waals surface area contributed by atoms with Crippen molar-refractivity contribution in [2.75, 3.05) is 20.3 Å². The summed E-state index contributed by atoms with van der Waals surface area (Å²) in [6.45, 7) is 2.94. The lowest BCUT2D eigenvalue weighted by Gasteiger charge is -2.26. The molecule has 0 bridgehead atoms. The van der Waals surface area contributed by atoms with E-state index in [0.29, 0.717) is 19.6 Å². The molecule has 0 heterocycles. The molecule has 0 fully saturated rings. The minimum absolute atomic E-state index is 0.0950. The van der Waals surface area contributed by atoms with E-state index < -0.39 is 5.60 Å². The number of hydrogen-bond donors (Lipinski definition) is 3. The van der Waals surface area contributed by atoms with Gasteiger partial charge in [0.25, 0.3) is 0 Å². The van der Waals surface area contributed by atoms with Crippen LogP contribution in [0, 0.1) is 0 Å². The van der Waals surface area contributed by atoms with Gasteiger partial charge in [-0.25, -0.2) is 0 Å². The van der Waals surface area contributed by atoms with Crippen LogP contribution in [-0.2, 0) is 4.74 Å². The van der Waals surface area contributed by atoms with Crippen LogP contribution in [0.15, 0.2) is 24.3 Å². The minimum atomic E-state index is -0.752. The Hall–Kier alpha value is -0.940. The van der Waals surface area contributed by atoms with Crippen molar-refractivity contribution in [3.05, 3.63) is 35.4 Å². The normalized spacial score (nSPS) is 25.1. The molecular weight excluding hydrogens is 240 g/mol. The number of benzene rings is 1. The van der Waals surface area contributed by atoms with Crippen LogP contribution in [0.5, 0.6) is 0 Å². The quantitative estimate of drug-likeness (QED) is 0.728. The SMILES string of the molecule is COCCC(C)(O)CNC1CC(N)c2ccccc21. The van der Waals surface area contributed by atoms with Crippen molar-refractivity contribution in [1.82, 2.24) is 5.32 Å². The summed E-state index contributed by atoms with van der Waals surface area (Å²) in [6, 6.07) is 8.59. The van der Waals surface area contributed by atoms with E-state index in [9.17, 15) is 5.11 Å². The van der Waals surface area contributed by atoms with Gasteiger partial charge in [-0.05, 0) is 24.5 Å². The number of fused-ring (bicyclic) bond motifs is 1. The summed E-state index contributed by atoms with van der Waals surface area (Å²) >= 11 is 0. The van der Waals surface area contributed by atoms with Gasteiger partial charge in [-0.1, -0.05) is 24.3 Å². The van der Waals surface area contributed by atoms with Crippen molar-refractivity contribution in [1.29, 1.82) is 0 Å². The zero-order valence-corrected chi connectivity index (χ0v) is 11.7. The zero-order valence-electron chi connectivity index (χ0n) is 11.7. The monoisotopic (exact) mass is 264 g/mol. The van der Waals surface area contributed by atoms with E-state index >= 15 is 0 Å². The molecule has 1 aliphatic rings. The topological polar surface area (TPSA) is 67.5 Å². The van der Waals surface area contributed by atoms with Gasteiger partial charge in [0.05, 0.1) is 5.60 Å². The van der Waals surface area contributed by atoms with Crippen LogP contribution in [0.1, 0.15) is 43.0 Å². The zero-order chi connectivity index (χ0) is 13.9. The molecule has 1 aromatic carbocycles. The molecule has 1 aliphatic carbocycles. The van der Waals surface area contributed by atoms with E-state index in [4.69, 9.17) is 10.5 Å². The van der Waals surface area contributed by atoms with E-state index in [0.717, 1.165) is 6.42 Å². The maximum atomic E-state index is 10.2. The Morgan fingerprint density at radius 3 is 2.79 bits per heavy atom. The van der Waals surface area contributed by atoms with Crippen molar-refractivity contribution in [3.63, 3.8) is 0 Å². The molecule has 0 aromatic heterocycles. The van der Waals surface area contributed by atoms with E-state index in [-0.39, 0.29) is 12.1 Å². The average Bonchev–Trinajstić information content (AvgIpc) is 2.72. The van der Waals surface area contributed by atoms with Gasteiger partial charge in [-0.3, -0.25) is 0 Å². The van der Waals surface area contributed by atoms with Crippen LogP contribution in [-0.4, -0.2) is 31.0 Å². The molecule has 2 rings (SSSR count). The number of methoxy groups -OCH3 is 1. The number of aliphatic hydroxyl groups is 1. The maximum Gasteiger partial charge on any atom is 0.0765 e. The molecule has 0 amide bonds. The van der Waals surface area contributed by atoms with Crippen molar-refractivity contribution in [2.45, 2.75) is 37.5 Å². The van der Waals surface area contributed by atoms with E-state index in [2.05, 4.69) is 17.4 Å². The molecule has 0 spiro atoms. The van der Waals surface area contributed by atoms with Crippen molar-refractivity contribution < 1.29 is 9.84 Å². The van der Waals surface area contributed by atoms with Crippen LogP contribution >= 0.6 is 0 Å². The molecule has 1 aromatic rings. The van der Waals surface area contributed by atoms with Gasteiger partial charge in [0.2, 0.25) is 0 Å². The number of nitrogens with two attached hydrogens (primary N) is 1. The van der Waals surface area contributed by atoms with E-state index in [1.165, 1.54) is 11.1 Å². The Morgan fingerprint density at radius 1 is 1.42 bits per heavy atom. The fourth-order valence-corrected chi connectivity index (χ4v) is 2.62. The van der Waals surface area contributed by atoms with Crippen molar-refractivity contribution in [3.8, 4) is 0 Å². The lowest BCUT2D eigenvalue weighted by molar-refractivity contribution is 0.0226. The maximum absolute atomic E-state index is 10.2. The highest BCUT2D eigenvalue weighted by Crippen LogP contribution is 2.37. The lowest BCUT2D eigenvalue weighted by atomic mass is 10.0. The summed E-state index contributed by atoms with van der Waals surface area (Å²) < 4.78 is 5.02. The predicted molar refractivity (Wildman–Crippen MR) is 75.8 cm³/mol. The smallest absolute Gasteiger partial charge is 0.0765 e. The van der Waals surface area contributed by atoms with E-state index in [1.807, 2.05) is 19.1 Å². The Labute approximate surface area is 115 Å². The largest absolute Gasteiger partial charge is 0.389 e. The third-order valence-electron chi connectivity index (χ3n) is 3.83. The van der Waals surface area contributed by atoms with Crippen LogP contribution in [0.3, 0.4) is 0 Å². The standard InChI is InChI=1S/C15H24N2O2/c1-15(18,7-8-19-2)10-17-14-9-13(16)11-5-3-4-6-12(11)14/h3-6,13-14,17-18H,7-10,16H2,1-2H3. The molecule has 0 saturated carbocycles. The molecule has 4 heteroatoms. The van der Waals surface area contributed by atoms with Crippen LogP contribution in [0.4, 0.5) is 0 Å². The molecule has 19 heavy (non-hydrogen) atoms. The molecule has 0 aliphatic heterocycles. The summed E-state index contributed by atoms with van der Waals surface area (Å²) in [4.78, 5) is 0. The highest BCUT2D eigenvalue weighted by Gasteiger charge is 2.30. The lowest BCUT2D eigenvalue weighted by Crippen LogP contribution is -2.40. The second kappa shape index (κ2) is 6.01. The third-order valence-corrected chi connectivity index (χ3v) is 3.83. The first kappa shape index (κ1) is 14.5. The van der Waals surface area contributed by atoms with E-state index in [1.54, 1.807) is 7.11 Å². The first-order chi connectivity index (χ1) is 9.03. The fourth-order valence-electron chi connectivity index (χ4n) is 2.62. The third kappa shape index (κ3) is 3.54. The highest BCUT2D eigenvalue weighted by molar-refractivity contribution is 5.37. The fraction of sp³-hybridized carbons (Fsp3) is 0.600. The van der Waals surface area contributed by atoms with Gasteiger partial charge in [0.15, 0.2) is 0 Å². The first-order valence-corrected chi connectivity index (χ1v) is 6.82. The van der Waals surface area contributed by atoms with Gasteiger partial charge in [-0.2, -0.15) is 0 Å². The summed E-state index contributed by atoms with van der Waals surface area (Å²) in [5.41, 5.74) is 7.86. The second-order valence-corrected chi connectivity index (χ2v) is 5.64. The molecule has 106 valence electrons. The Morgan fingerprint density at radius 2 is 2.11 bits per heavy atom. The van der Waals surface area contributed by atoms with Crippen molar-refractivity contribution >= 4 is 0 Å². The minimum Gasteiger partial charge on any atom is -0.389 e. The van der Waals surface area contributed by atoms with Crippen LogP contribution in [0.25, 0.3) is 0 Å². The van der Waals surface area contributed by atoms with Crippen LogP contribution < -0.4 is 11.1 Å². The summed E-state index contributed by atoms with van der Waals surface area (Å²) in [7, 11) is 1.65. The van der Waals surface area contributed by atoms with Gasteiger partial charge in [0, 0.05) is 38.8 Å². The first-order valence-electron chi connectivity index (χ1n) is 6.82. The highest BCUT2D eigenvalue weighted by atomic mass is 16.5. The molecule has 0 radical (unpaired) electrons. The number of nitrogens with one attached hydrogen (secondary N) is 1. The summed E-state index contributed by atoms with van der Waals surface area (Å²) in [6.07, 6.45) is 1.51. The van der Waals surface area contributed by atoms with Crippen LogP contribution in [0.2, 0.25) is 0 Å². The van der Waals surface area contributed by atoms with Gasteiger partial charge < -0.3 is 20.9 Å². The molecule has 4 nitrogen and oxygen atoms in total. The van der Waals surface area contributed by atoms with Crippen molar-refractivity contribution in [2.24, 2.45) is 5.73 Å². The summed E-state index contributed by atoms with van der Waals surface area (Å²) in [5.74, 6) is 0. The molecule has 4 N–H and O–H groups in total. The number of hydrogen-bond acceptors (Lipinski definition) is 4. The average molecular weight is 264 g/mol. The second-order valence-electron chi connectivity index (χ2n) is 5.64. The number of rotatable bonds is 6. The molecule has 3 unspecified atom stereocenters. The van der Waals surface area contributed by atoms with Gasteiger partial charge in [-0.15, -0.1) is 0 Å². The van der Waals surface area contributed by atoms with Gasteiger partial charge >= 0.3 is 0 Å². The van der Waals surface area contributed by atoms with Gasteiger partial charge in [0.1, 0.15) is 0 Å².